The Hall–Kier alpha value is -1.79. The lowest BCUT2D eigenvalue weighted by Gasteiger charge is -2.11. The fraction of sp³-hybridized carbons (Fsp3) is 0.400. The number of pyridine rings is 1. The molecule has 94 valence electrons. The number of ether oxygens (including phenoxy) is 1. The summed E-state index contributed by atoms with van der Waals surface area (Å²) < 4.78 is 41.8. The number of carbonyl (C=O) groups is 1. The van der Waals surface area contributed by atoms with E-state index in [9.17, 15) is 18.0 Å². The van der Waals surface area contributed by atoms with Gasteiger partial charge in [0.2, 0.25) is 0 Å². The van der Waals surface area contributed by atoms with Crippen molar-refractivity contribution in [3.8, 4) is 0 Å². The molecule has 0 spiro atoms. The van der Waals surface area contributed by atoms with Crippen LogP contribution in [0.3, 0.4) is 0 Å². The smallest absolute Gasteiger partial charge is 0.433 e. The van der Waals surface area contributed by atoms with Gasteiger partial charge in [-0.25, -0.2) is 4.79 Å². The average Bonchev–Trinajstić information content (AvgIpc) is 2.27. The third-order valence-corrected chi connectivity index (χ3v) is 1.96. The lowest BCUT2D eigenvalue weighted by molar-refractivity contribution is -0.141. The van der Waals surface area contributed by atoms with Crippen LogP contribution in [0.5, 0.6) is 0 Å². The molecule has 0 saturated heterocycles. The van der Waals surface area contributed by atoms with Gasteiger partial charge in [0, 0.05) is 13.2 Å². The van der Waals surface area contributed by atoms with Crippen LogP contribution in [0.15, 0.2) is 12.3 Å². The highest BCUT2D eigenvalue weighted by molar-refractivity contribution is 5.95. The summed E-state index contributed by atoms with van der Waals surface area (Å²) in [7, 11) is 1.41. The summed E-state index contributed by atoms with van der Waals surface area (Å²) in [5.41, 5.74) is -1.05. The van der Waals surface area contributed by atoms with Crippen LogP contribution in [0.2, 0.25) is 0 Å². The van der Waals surface area contributed by atoms with E-state index in [1.165, 1.54) is 7.05 Å². The summed E-state index contributed by atoms with van der Waals surface area (Å²) in [6.45, 7) is 1.75. The van der Waals surface area contributed by atoms with Crippen molar-refractivity contribution < 1.29 is 22.7 Å². The van der Waals surface area contributed by atoms with Crippen LogP contribution in [0.1, 0.15) is 23.0 Å². The van der Waals surface area contributed by atoms with E-state index in [1.54, 1.807) is 6.92 Å². The predicted octanol–water partition coefficient (Wildman–Crippen LogP) is 2.32. The molecule has 1 aromatic rings. The molecule has 0 saturated carbocycles. The number of hydrogen-bond acceptors (Lipinski definition) is 4. The van der Waals surface area contributed by atoms with Gasteiger partial charge in [-0.15, -0.1) is 0 Å². The zero-order valence-electron chi connectivity index (χ0n) is 9.26. The highest BCUT2D eigenvalue weighted by Gasteiger charge is 2.33. The van der Waals surface area contributed by atoms with Crippen LogP contribution in [0.25, 0.3) is 0 Å². The molecule has 0 radical (unpaired) electrons. The first-order valence-corrected chi connectivity index (χ1v) is 4.82. The molecule has 1 aromatic heterocycles. The second-order valence-electron chi connectivity index (χ2n) is 3.08. The molecule has 0 fully saturated rings. The maximum atomic E-state index is 12.4. The summed E-state index contributed by atoms with van der Waals surface area (Å²) in [5, 5.41) is 2.51. The van der Waals surface area contributed by atoms with Crippen molar-refractivity contribution in [2.75, 3.05) is 19.0 Å². The van der Waals surface area contributed by atoms with Crippen LogP contribution in [0.4, 0.5) is 18.9 Å². The number of alkyl halides is 3. The number of carbonyl (C=O) groups excluding carboxylic acids is 1. The first-order chi connectivity index (χ1) is 7.90. The summed E-state index contributed by atoms with van der Waals surface area (Å²) in [6.07, 6.45) is -3.69. The number of anilines is 1. The molecule has 0 aliphatic rings. The predicted molar refractivity (Wildman–Crippen MR) is 54.7 cm³/mol. The number of nitrogens with zero attached hydrogens (tertiary/aromatic N) is 1. The van der Waals surface area contributed by atoms with E-state index < -0.39 is 17.8 Å². The Kier molecular flexibility index (Phi) is 3.93. The Morgan fingerprint density at radius 3 is 2.65 bits per heavy atom. The maximum absolute atomic E-state index is 12.4. The van der Waals surface area contributed by atoms with Crippen molar-refractivity contribution in [3.05, 3.63) is 23.5 Å². The molecule has 4 nitrogen and oxygen atoms in total. The van der Waals surface area contributed by atoms with Gasteiger partial charge in [-0.05, 0) is 13.0 Å². The lowest BCUT2D eigenvalue weighted by Crippen LogP contribution is -2.13. The average molecular weight is 248 g/mol. The summed E-state index contributed by atoms with van der Waals surface area (Å²) in [6, 6.07) is 0.770. The maximum Gasteiger partial charge on any atom is 0.433 e. The first-order valence-electron chi connectivity index (χ1n) is 4.82. The van der Waals surface area contributed by atoms with Crippen molar-refractivity contribution in [3.63, 3.8) is 0 Å². The largest absolute Gasteiger partial charge is 0.462 e. The normalized spacial score (nSPS) is 11.1. The molecule has 1 heterocycles. The van der Waals surface area contributed by atoms with Crippen molar-refractivity contribution in [1.29, 1.82) is 0 Å². The molecule has 0 amide bonds. The molecule has 0 aromatic carbocycles. The van der Waals surface area contributed by atoms with Gasteiger partial charge in [0.05, 0.1) is 12.3 Å². The molecule has 7 heteroatoms. The molecule has 0 unspecified atom stereocenters. The van der Waals surface area contributed by atoms with Gasteiger partial charge in [-0.2, -0.15) is 13.2 Å². The van der Waals surface area contributed by atoms with Gasteiger partial charge in [0.1, 0.15) is 11.3 Å². The minimum absolute atomic E-state index is 0.0256. The highest BCUT2D eigenvalue weighted by Crippen LogP contribution is 2.30. The van der Waals surface area contributed by atoms with E-state index in [4.69, 9.17) is 4.74 Å². The summed E-state index contributed by atoms with van der Waals surface area (Å²) >= 11 is 0. The van der Waals surface area contributed by atoms with Crippen LogP contribution in [-0.4, -0.2) is 24.6 Å². The molecular formula is C10H11F3N2O2. The van der Waals surface area contributed by atoms with Crippen molar-refractivity contribution in [1.82, 2.24) is 4.98 Å². The van der Waals surface area contributed by atoms with E-state index in [2.05, 4.69) is 10.3 Å². The molecular weight excluding hydrogens is 237 g/mol. The molecule has 17 heavy (non-hydrogen) atoms. The van der Waals surface area contributed by atoms with Crippen LogP contribution in [-0.2, 0) is 10.9 Å². The SMILES string of the molecule is CCOC(=O)c1cnc(C(F)(F)F)cc1NC. The number of rotatable bonds is 3. The fourth-order valence-electron chi connectivity index (χ4n) is 1.19. The zero-order valence-corrected chi connectivity index (χ0v) is 9.26. The Morgan fingerprint density at radius 1 is 1.53 bits per heavy atom. The second kappa shape index (κ2) is 5.03. The van der Waals surface area contributed by atoms with Crippen LogP contribution < -0.4 is 5.32 Å². The monoisotopic (exact) mass is 248 g/mol. The molecule has 1 rings (SSSR count). The van der Waals surface area contributed by atoms with Crippen molar-refractivity contribution in [2.24, 2.45) is 0 Å². The quantitative estimate of drug-likeness (QED) is 0.834. The molecule has 0 bridgehead atoms. The van der Waals surface area contributed by atoms with Gasteiger partial charge in [-0.1, -0.05) is 0 Å². The van der Waals surface area contributed by atoms with Crippen molar-refractivity contribution in [2.45, 2.75) is 13.1 Å². The van der Waals surface area contributed by atoms with E-state index in [0.717, 1.165) is 12.3 Å². The minimum Gasteiger partial charge on any atom is -0.462 e. The van der Waals surface area contributed by atoms with Crippen LogP contribution in [0, 0.1) is 0 Å². The highest BCUT2D eigenvalue weighted by atomic mass is 19.4. The van der Waals surface area contributed by atoms with Gasteiger partial charge in [-0.3, -0.25) is 4.98 Å². The topological polar surface area (TPSA) is 51.2 Å². The Bertz CT molecular complexity index is 419. The number of nitrogens with one attached hydrogen (secondary N) is 1. The Labute approximate surface area is 95.8 Å². The second-order valence-corrected chi connectivity index (χ2v) is 3.08. The van der Waals surface area contributed by atoms with Gasteiger partial charge in [0.15, 0.2) is 0 Å². The molecule has 0 aliphatic heterocycles. The van der Waals surface area contributed by atoms with E-state index >= 15 is 0 Å². The first kappa shape index (κ1) is 13.3. The number of halogens is 3. The molecule has 1 N–H and O–H groups in total. The molecule has 0 atom stereocenters. The van der Waals surface area contributed by atoms with E-state index in [0.29, 0.717) is 0 Å². The van der Waals surface area contributed by atoms with E-state index in [1.807, 2.05) is 0 Å². The minimum atomic E-state index is -4.54. The van der Waals surface area contributed by atoms with Gasteiger partial charge >= 0.3 is 12.1 Å². The van der Waals surface area contributed by atoms with Crippen LogP contribution >= 0.6 is 0 Å². The van der Waals surface area contributed by atoms with Crippen molar-refractivity contribution >= 4 is 11.7 Å². The Balaban J connectivity index is 3.14. The van der Waals surface area contributed by atoms with Gasteiger partial charge < -0.3 is 10.1 Å². The Morgan fingerprint density at radius 2 is 2.18 bits per heavy atom. The zero-order chi connectivity index (χ0) is 13.1. The summed E-state index contributed by atoms with van der Waals surface area (Å²) in [4.78, 5) is 14.6. The third-order valence-electron chi connectivity index (χ3n) is 1.96. The lowest BCUT2D eigenvalue weighted by atomic mass is 10.2. The fourth-order valence-corrected chi connectivity index (χ4v) is 1.19. The number of esters is 1. The number of aromatic nitrogens is 1. The molecule has 0 aliphatic carbocycles. The summed E-state index contributed by atoms with van der Waals surface area (Å²) in [5.74, 6) is -0.710. The third kappa shape index (κ3) is 3.08. The number of hydrogen-bond donors (Lipinski definition) is 1. The van der Waals surface area contributed by atoms with E-state index in [-0.39, 0.29) is 17.9 Å². The standard InChI is InChI=1S/C10H11F3N2O2/c1-3-17-9(16)6-5-15-8(10(11,12)13)4-7(6)14-2/h4-5H,3H2,1-2H3,(H,14,15). The van der Waals surface area contributed by atoms with Gasteiger partial charge in [0.25, 0.3) is 0 Å².